The van der Waals surface area contributed by atoms with Crippen molar-refractivity contribution in [3.8, 4) is 0 Å². The zero-order chi connectivity index (χ0) is 11.6. The van der Waals surface area contributed by atoms with Gasteiger partial charge in [0.1, 0.15) is 5.92 Å². The molecule has 2 rings (SSSR count). The standard InChI is InChI=1S/C13H20O3/c1-2-16-12(15)10-6-9-13(11(10)14)7-4-3-5-8-13/h10H,2-9H2,1H3. The molecule has 0 heterocycles. The van der Waals surface area contributed by atoms with Crippen molar-refractivity contribution in [2.24, 2.45) is 11.3 Å². The van der Waals surface area contributed by atoms with E-state index in [1.807, 2.05) is 0 Å². The normalized spacial score (nSPS) is 28.3. The molecule has 0 radical (unpaired) electrons. The molecule has 1 unspecified atom stereocenters. The van der Waals surface area contributed by atoms with Crippen LogP contribution in [0, 0.1) is 11.3 Å². The van der Waals surface area contributed by atoms with Crippen LogP contribution >= 0.6 is 0 Å². The molecule has 0 aromatic heterocycles. The molecule has 16 heavy (non-hydrogen) atoms. The van der Waals surface area contributed by atoms with Gasteiger partial charge in [0, 0.05) is 5.41 Å². The predicted molar refractivity (Wildman–Crippen MR) is 59.9 cm³/mol. The number of hydrogen-bond donors (Lipinski definition) is 0. The van der Waals surface area contributed by atoms with Gasteiger partial charge in [-0.2, -0.15) is 0 Å². The molecule has 0 aromatic carbocycles. The van der Waals surface area contributed by atoms with Crippen molar-refractivity contribution in [1.29, 1.82) is 0 Å². The van der Waals surface area contributed by atoms with E-state index in [9.17, 15) is 9.59 Å². The first-order chi connectivity index (χ1) is 7.69. The summed E-state index contributed by atoms with van der Waals surface area (Å²) in [6, 6.07) is 0. The summed E-state index contributed by atoms with van der Waals surface area (Å²) < 4.78 is 4.97. The Morgan fingerprint density at radius 2 is 2.00 bits per heavy atom. The highest BCUT2D eigenvalue weighted by atomic mass is 16.5. The lowest BCUT2D eigenvalue weighted by Crippen LogP contribution is -2.34. The van der Waals surface area contributed by atoms with Crippen molar-refractivity contribution >= 4 is 11.8 Å². The number of ether oxygens (including phenoxy) is 1. The summed E-state index contributed by atoms with van der Waals surface area (Å²) in [5, 5.41) is 0. The van der Waals surface area contributed by atoms with Crippen LogP contribution in [-0.4, -0.2) is 18.4 Å². The minimum Gasteiger partial charge on any atom is -0.465 e. The molecule has 3 heteroatoms. The Morgan fingerprint density at radius 3 is 2.62 bits per heavy atom. The van der Waals surface area contributed by atoms with E-state index in [4.69, 9.17) is 4.74 Å². The molecule has 2 aliphatic carbocycles. The van der Waals surface area contributed by atoms with E-state index >= 15 is 0 Å². The fourth-order valence-corrected chi connectivity index (χ4v) is 3.24. The van der Waals surface area contributed by atoms with Crippen molar-refractivity contribution in [2.45, 2.75) is 51.9 Å². The molecule has 90 valence electrons. The van der Waals surface area contributed by atoms with Crippen LogP contribution in [0.25, 0.3) is 0 Å². The van der Waals surface area contributed by atoms with Crippen LogP contribution in [0.3, 0.4) is 0 Å². The Morgan fingerprint density at radius 1 is 1.31 bits per heavy atom. The van der Waals surface area contributed by atoms with Crippen molar-refractivity contribution in [1.82, 2.24) is 0 Å². The summed E-state index contributed by atoms with van der Waals surface area (Å²) in [6.07, 6.45) is 7.10. The van der Waals surface area contributed by atoms with Gasteiger partial charge in [0.2, 0.25) is 0 Å². The fourth-order valence-electron chi connectivity index (χ4n) is 3.24. The van der Waals surface area contributed by atoms with Gasteiger partial charge in [-0.1, -0.05) is 19.3 Å². The lowest BCUT2D eigenvalue weighted by molar-refractivity contribution is -0.152. The zero-order valence-corrected chi connectivity index (χ0v) is 9.96. The third-order valence-electron chi connectivity index (χ3n) is 4.13. The summed E-state index contributed by atoms with van der Waals surface area (Å²) >= 11 is 0. The summed E-state index contributed by atoms with van der Waals surface area (Å²) in [7, 11) is 0. The van der Waals surface area contributed by atoms with Crippen LogP contribution in [-0.2, 0) is 14.3 Å². The third kappa shape index (κ3) is 1.87. The second kappa shape index (κ2) is 4.56. The van der Waals surface area contributed by atoms with Gasteiger partial charge in [-0.15, -0.1) is 0 Å². The van der Waals surface area contributed by atoms with Crippen LogP contribution in [0.4, 0.5) is 0 Å². The maximum atomic E-state index is 12.3. The van der Waals surface area contributed by atoms with Gasteiger partial charge in [0.25, 0.3) is 0 Å². The predicted octanol–water partition coefficient (Wildman–Crippen LogP) is 2.48. The Bertz CT molecular complexity index is 290. The molecular weight excluding hydrogens is 204 g/mol. The fraction of sp³-hybridized carbons (Fsp3) is 0.846. The Kier molecular flexibility index (Phi) is 3.31. The van der Waals surface area contributed by atoms with Crippen molar-refractivity contribution in [3.05, 3.63) is 0 Å². The van der Waals surface area contributed by atoms with Crippen LogP contribution in [0.5, 0.6) is 0 Å². The summed E-state index contributed by atoms with van der Waals surface area (Å²) in [6.45, 7) is 2.16. The third-order valence-corrected chi connectivity index (χ3v) is 4.13. The van der Waals surface area contributed by atoms with Crippen LogP contribution in [0.15, 0.2) is 0 Å². The molecule has 2 aliphatic rings. The lowest BCUT2D eigenvalue weighted by atomic mass is 9.71. The highest BCUT2D eigenvalue weighted by Crippen LogP contribution is 2.48. The average molecular weight is 224 g/mol. The number of ketones is 1. The highest BCUT2D eigenvalue weighted by Gasteiger charge is 2.50. The van der Waals surface area contributed by atoms with Gasteiger partial charge in [0.15, 0.2) is 5.78 Å². The molecule has 2 saturated carbocycles. The minimum atomic E-state index is -0.460. The Labute approximate surface area is 96.5 Å². The smallest absolute Gasteiger partial charge is 0.316 e. The molecule has 2 fully saturated rings. The summed E-state index contributed by atoms with van der Waals surface area (Å²) in [4.78, 5) is 23.9. The molecule has 1 spiro atoms. The number of carbonyl (C=O) groups is 2. The summed E-state index contributed by atoms with van der Waals surface area (Å²) in [5.41, 5.74) is -0.157. The van der Waals surface area contributed by atoms with Gasteiger partial charge < -0.3 is 4.74 Å². The van der Waals surface area contributed by atoms with Crippen LogP contribution < -0.4 is 0 Å². The van der Waals surface area contributed by atoms with E-state index in [0.717, 1.165) is 32.1 Å². The molecule has 0 aromatic rings. The van der Waals surface area contributed by atoms with E-state index in [1.54, 1.807) is 6.92 Å². The van der Waals surface area contributed by atoms with Gasteiger partial charge in [-0.05, 0) is 32.6 Å². The van der Waals surface area contributed by atoms with Gasteiger partial charge in [-0.25, -0.2) is 0 Å². The largest absolute Gasteiger partial charge is 0.465 e. The van der Waals surface area contributed by atoms with Crippen LogP contribution in [0.1, 0.15) is 51.9 Å². The van der Waals surface area contributed by atoms with Crippen molar-refractivity contribution in [3.63, 3.8) is 0 Å². The number of esters is 1. The van der Waals surface area contributed by atoms with Crippen molar-refractivity contribution in [2.75, 3.05) is 6.61 Å². The zero-order valence-electron chi connectivity index (χ0n) is 9.96. The molecule has 1 atom stereocenters. The SMILES string of the molecule is CCOC(=O)C1CCC2(CCCCC2)C1=O. The van der Waals surface area contributed by atoms with E-state index in [-0.39, 0.29) is 17.2 Å². The second-order valence-corrected chi connectivity index (χ2v) is 5.05. The number of carbonyl (C=O) groups excluding carboxylic acids is 2. The van der Waals surface area contributed by atoms with Gasteiger partial charge >= 0.3 is 5.97 Å². The molecule has 0 amide bonds. The first-order valence-electron chi connectivity index (χ1n) is 6.40. The molecule has 3 nitrogen and oxygen atoms in total. The Balaban J connectivity index is 2.06. The lowest BCUT2D eigenvalue weighted by Gasteiger charge is -2.31. The molecule has 0 saturated heterocycles. The number of rotatable bonds is 2. The number of hydrogen-bond acceptors (Lipinski definition) is 3. The quantitative estimate of drug-likeness (QED) is 0.534. The van der Waals surface area contributed by atoms with Crippen molar-refractivity contribution < 1.29 is 14.3 Å². The monoisotopic (exact) mass is 224 g/mol. The average Bonchev–Trinajstić information content (AvgIpc) is 2.59. The number of Topliss-reactive ketones (excluding diaryl/α,β-unsaturated/α-hetero) is 1. The maximum Gasteiger partial charge on any atom is 0.316 e. The van der Waals surface area contributed by atoms with Gasteiger partial charge in [0.05, 0.1) is 6.61 Å². The maximum absolute atomic E-state index is 12.3. The van der Waals surface area contributed by atoms with Gasteiger partial charge in [-0.3, -0.25) is 9.59 Å². The molecule has 0 N–H and O–H groups in total. The van der Waals surface area contributed by atoms with E-state index in [2.05, 4.69) is 0 Å². The molecule has 0 aliphatic heterocycles. The first-order valence-corrected chi connectivity index (χ1v) is 6.40. The van der Waals surface area contributed by atoms with E-state index in [1.165, 1.54) is 6.42 Å². The molecular formula is C13H20O3. The topological polar surface area (TPSA) is 43.4 Å². The summed E-state index contributed by atoms with van der Waals surface area (Å²) in [5.74, 6) is -0.585. The van der Waals surface area contributed by atoms with Crippen LogP contribution in [0.2, 0.25) is 0 Å². The van der Waals surface area contributed by atoms with E-state index < -0.39 is 5.92 Å². The second-order valence-electron chi connectivity index (χ2n) is 5.05. The molecule has 0 bridgehead atoms. The van der Waals surface area contributed by atoms with E-state index in [0.29, 0.717) is 13.0 Å². The minimum absolute atomic E-state index is 0.157. The first kappa shape index (κ1) is 11.6. The Hall–Kier alpha value is -0.860. The highest BCUT2D eigenvalue weighted by molar-refractivity contribution is 6.03.